The molecule has 0 fully saturated rings. The van der Waals surface area contributed by atoms with Gasteiger partial charge in [-0.3, -0.25) is 0 Å². The number of halogens is 1. The molecule has 1 aromatic heterocycles. The predicted octanol–water partition coefficient (Wildman–Crippen LogP) is 4.59. The summed E-state index contributed by atoms with van der Waals surface area (Å²) in [7, 11) is 0. The van der Waals surface area contributed by atoms with E-state index in [1.165, 1.54) is 17.0 Å². The van der Waals surface area contributed by atoms with Crippen molar-refractivity contribution in [3.05, 3.63) is 51.2 Å². The Kier molecular flexibility index (Phi) is 4.79. The van der Waals surface area contributed by atoms with E-state index in [1.54, 1.807) is 11.3 Å². The van der Waals surface area contributed by atoms with E-state index in [9.17, 15) is 4.39 Å². The van der Waals surface area contributed by atoms with Crippen LogP contribution in [-0.4, -0.2) is 11.5 Å². The minimum atomic E-state index is -0.215. The average molecular weight is 306 g/mol. The van der Waals surface area contributed by atoms with Gasteiger partial charge in [-0.05, 0) is 51.9 Å². The fraction of sp³-hybridized carbons (Fsp3) is 0.471. The highest BCUT2D eigenvalue weighted by Crippen LogP contribution is 2.37. The zero-order valence-corrected chi connectivity index (χ0v) is 14.1. The minimum absolute atomic E-state index is 0.202. The van der Waals surface area contributed by atoms with Crippen molar-refractivity contribution >= 4 is 11.3 Å². The van der Waals surface area contributed by atoms with Gasteiger partial charge >= 0.3 is 0 Å². The fourth-order valence-corrected chi connectivity index (χ4v) is 3.68. The second-order valence-electron chi connectivity index (χ2n) is 5.88. The first-order chi connectivity index (χ1) is 9.86. The highest BCUT2D eigenvalue weighted by Gasteiger charge is 2.28. The number of aryl methyl sites for hydroxylation is 1. The van der Waals surface area contributed by atoms with Crippen LogP contribution < -0.4 is 5.32 Å². The van der Waals surface area contributed by atoms with E-state index in [1.807, 2.05) is 12.1 Å². The Bertz CT molecular complexity index is 602. The van der Waals surface area contributed by atoms with E-state index in [2.05, 4.69) is 39.9 Å². The second kappa shape index (κ2) is 6.24. The van der Waals surface area contributed by atoms with Crippen molar-refractivity contribution in [2.24, 2.45) is 0 Å². The number of rotatable bonds is 5. The monoisotopic (exact) mass is 306 g/mol. The van der Waals surface area contributed by atoms with Crippen LogP contribution in [0.5, 0.6) is 0 Å². The first-order valence-corrected chi connectivity index (χ1v) is 8.15. The van der Waals surface area contributed by atoms with Gasteiger partial charge in [-0.1, -0.05) is 19.1 Å². The minimum Gasteiger partial charge on any atom is -0.310 e. The van der Waals surface area contributed by atoms with Crippen molar-refractivity contribution in [2.45, 2.75) is 46.1 Å². The van der Waals surface area contributed by atoms with Gasteiger partial charge in [0.25, 0.3) is 0 Å². The summed E-state index contributed by atoms with van der Waals surface area (Å²) in [5, 5.41) is 4.51. The summed E-state index contributed by atoms with van der Waals surface area (Å²) in [4.78, 5) is 6.05. The Morgan fingerprint density at radius 3 is 2.48 bits per heavy atom. The molecule has 1 heterocycles. The maximum absolute atomic E-state index is 13.1. The molecule has 0 saturated heterocycles. The van der Waals surface area contributed by atoms with Crippen LogP contribution in [0.25, 0.3) is 0 Å². The third-order valence-corrected chi connectivity index (χ3v) is 5.50. The van der Waals surface area contributed by atoms with Crippen LogP contribution in [0.1, 0.15) is 54.9 Å². The molecule has 114 valence electrons. The van der Waals surface area contributed by atoms with Crippen LogP contribution in [0.2, 0.25) is 0 Å². The van der Waals surface area contributed by atoms with E-state index in [4.69, 9.17) is 4.98 Å². The summed E-state index contributed by atoms with van der Waals surface area (Å²) in [5.41, 5.74) is 1.95. The first kappa shape index (κ1) is 16.1. The van der Waals surface area contributed by atoms with Crippen molar-refractivity contribution in [2.75, 3.05) is 6.54 Å². The van der Waals surface area contributed by atoms with Gasteiger partial charge in [0.1, 0.15) is 10.8 Å². The summed E-state index contributed by atoms with van der Waals surface area (Å²) in [5.74, 6) is -0.202. The van der Waals surface area contributed by atoms with Gasteiger partial charge in [0.2, 0.25) is 0 Å². The summed E-state index contributed by atoms with van der Waals surface area (Å²) in [6.45, 7) is 11.6. The van der Waals surface area contributed by atoms with Crippen molar-refractivity contribution in [3.63, 3.8) is 0 Å². The molecule has 2 aromatic rings. The molecule has 0 aliphatic carbocycles. The van der Waals surface area contributed by atoms with Crippen molar-refractivity contribution in [1.82, 2.24) is 10.3 Å². The zero-order valence-electron chi connectivity index (χ0n) is 13.3. The van der Waals surface area contributed by atoms with Crippen molar-refractivity contribution in [3.8, 4) is 0 Å². The molecule has 2 nitrogen and oxygen atoms in total. The number of aromatic nitrogens is 1. The number of thiazole rings is 1. The van der Waals surface area contributed by atoms with Crippen LogP contribution in [0, 0.1) is 12.7 Å². The summed E-state index contributed by atoms with van der Waals surface area (Å²) >= 11 is 1.75. The molecule has 1 atom stereocenters. The number of benzene rings is 1. The van der Waals surface area contributed by atoms with Crippen molar-refractivity contribution in [1.29, 1.82) is 0 Å². The van der Waals surface area contributed by atoms with Gasteiger partial charge < -0.3 is 5.32 Å². The molecule has 1 N–H and O–H groups in total. The third kappa shape index (κ3) is 3.33. The maximum Gasteiger partial charge on any atom is 0.123 e. The molecule has 0 bridgehead atoms. The predicted molar refractivity (Wildman–Crippen MR) is 87.5 cm³/mol. The van der Waals surface area contributed by atoms with E-state index in [0.717, 1.165) is 22.8 Å². The second-order valence-corrected chi connectivity index (χ2v) is 6.91. The van der Waals surface area contributed by atoms with Gasteiger partial charge in [0.15, 0.2) is 0 Å². The molecule has 0 radical (unpaired) electrons. The lowest BCUT2D eigenvalue weighted by molar-refractivity contribution is 0.602. The van der Waals surface area contributed by atoms with Gasteiger partial charge in [0.05, 0.1) is 5.69 Å². The number of nitrogens with zero attached hydrogens (tertiary/aromatic N) is 1. The fourth-order valence-electron chi connectivity index (χ4n) is 2.47. The van der Waals surface area contributed by atoms with Crippen LogP contribution in [0.15, 0.2) is 24.3 Å². The average Bonchev–Trinajstić information content (AvgIpc) is 2.82. The Morgan fingerprint density at radius 1 is 1.29 bits per heavy atom. The molecule has 0 amide bonds. The van der Waals surface area contributed by atoms with E-state index >= 15 is 0 Å². The molecule has 2 rings (SSSR count). The SMILES string of the molecule is CCNC(C)c1sc(C(C)(C)c2ccc(F)cc2)nc1C. The number of hydrogen-bond donors (Lipinski definition) is 1. The Labute approximate surface area is 130 Å². The molecule has 0 saturated carbocycles. The van der Waals surface area contributed by atoms with E-state index in [0.29, 0.717) is 6.04 Å². The summed E-state index contributed by atoms with van der Waals surface area (Å²) in [6, 6.07) is 7.03. The van der Waals surface area contributed by atoms with Crippen LogP contribution >= 0.6 is 11.3 Å². The van der Waals surface area contributed by atoms with Gasteiger partial charge in [0, 0.05) is 16.3 Å². The molecule has 21 heavy (non-hydrogen) atoms. The Balaban J connectivity index is 2.36. The highest BCUT2D eigenvalue weighted by atomic mass is 32.1. The van der Waals surface area contributed by atoms with Crippen LogP contribution in [0.3, 0.4) is 0 Å². The largest absolute Gasteiger partial charge is 0.310 e. The zero-order chi connectivity index (χ0) is 15.6. The maximum atomic E-state index is 13.1. The van der Waals surface area contributed by atoms with Crippen LogP contribution in [0.4, 0.5) is 4.39 Å². The van der Waals surface area contributed by atoms with E-state index < -0.39 is 0 Å². The lowest BCUT2D eigenvalue weighted by atomic mass is 9.85. The van der Waals surface area contributed by atoms with Gasteiger partial charge in [-0.15, -0.1) is 11.3 Å². The van der Waals surface area contributed by atoms with Crippen LogP contribution in [-0.2, 0) is 5.41 Å². The van der Waals surface area contributed by atoms with Crippen molar-refractivity contribution < 1.29 is 4.39 Å². The third-order valence-electron chi connectivity index (χ3n) is 3.84. The van der Waals surface area contributed by atoms with Gasteiger partial charge in [-0.25, -0.2) is 9.37 Å². The lowest BCUT2D eigenvalue weighted by Gasteiger charge is -2.22. The Hall–Kier alpha value is -1.26. The quantitative estimate of drug-likeness (QED) is 0.874. The smallest absolute Gasteiger partial charge is 0.123 e. The molecule has 1 unspecified atom stereocenters. The summed E-state index contributed by atoms with van der Waals surface area (Å²) in [6.07, 6.45) is 0. The summed E-state index contributed by atoms with van der Waals surface area (Å²) < 4.78 is 13.1. The molecule has 0 spiro atoms. The van der Waals surface area contributed by atoms with E-state index in [-0.39, 0.29) is 11.2 Å². The normalized spacial score (nSPS) is 13.4. The standard InChI is InChI=1S/C17H23FN2S/c1-6-19-11(2)15-12(3)20-16(21-15)17(4,5)13-7-9-14(18)10-8-13/h7-11,19H,6H2,1-5H3. The molecular weight excluding hydrogens is 283 g/mol. The molecular formula is C17H23FN2S. The number of nitrogens with one attached hydrogen (secondary N) is 1. The molecule has 0 aliphatic rings. The topological polar surface area (TPSA) is 24.9 Å². The lowest BCUT2D eigenvalue weighted by Crippen LogP contribution is -2.18. The van der Waals surface area contributed by atoms with Gasteiger partial charge in [-0.2, -0.15) is 0 Å². The Morgan fingerprint density at radius 2 is 1.90 bits per heavy atom. The molecule has 0 aliphatic heterocycles. The number of hydrogen-bond acceptors (Lipinski definition) is 3. The highest BCUT2D eigenvalue weighted by molar-refractivity contribution is 7.12. The first-order valence-electron chi connectivity index (χ1n) is 7.33. The molecule has 1 aromatic carbocycles. The molecule has 4 heteroatoms.